The quantitative estimate of drug-likeness (QED) is 0.502. The number of rotatable bonds is 5. The number of pyridine rings is 1. The van der Waals surface area contributed by atoms with Crippen LogP contribution in [-0.2, 0) is 0 Å². The van der Waals surface area contributed by atoms with Crippen LogP contribution in [0.15, 0.2) is 54.7 Å². The van der Waals surface area contributed by atoms with Crippen molar-refractivity contribution in [3.8, 4) is 5.75 Å². The molecule has 1 N–H and O–H groups in total. The summed E-state index contributed by atoms with van der Waals surface area (Å²) in [5, 5.41) is 4.27. The summed E-state index contributed by atoms with van der Waals surface area (Å²) in [7, 11) is 1.71. The van der Waals surface area contributed by atoms with Crippen LogP contribution in [0.4, 0.5) is 5.69 Å². The third-order valence-electron chi connectivity index (χ3n) is 6.97. The first-order valence-corrected chi connectivity index (χ1v) is 11.8. The van der Waals surface area contributed by atoms with E-state index >= 15 is 0 Å². The molecule has 2 fully saturated rings. The molecule has 2 atom stereocenters. The van der Waals surface area contributed by atoms with Crippen molar-refractivity contribution in [2.45, 2.75) is 57.7 Å². The maximum atomic E-state index is 5.90. The Labute approximate surface area is 195 Å². The lowest BCUT2D eigenvalue weighted by Gasteiger charge is -2.29. The first-order valence-electron chi connectivity index (χ1n) is 11.4. The van der Waals surface area contributed by atoms with E-state index < -0.39 is 0 Å². The summed E-state index contributed by atoms with van der Waals surface area (Å²) in [4.78, 5) is 6.91. The first-order chi connectivity index (χ1) is 15.6. The van der Waals surface area contributed by atoms with Crippen molar-refractivity contribution in [1.29, 1.82) is 0 Å². The van der Waals surface area contributed by atoms with Crippen LogP contribution < -0.4 is 15.0 Å². The zero-order chi connectivity index (χ0) is 22.2. The van der Waals surface area contributed by atoms with Crippen LogP contribution in [0.2, 0.25) is 0 Å². The number of thiocarbonyl (C=S) groups is 1. The van der Waals surface area contributed by atoms with Crippen molar-refractivity contribution in [3.63, 3.8) is 0 Å². The zero-order valence-electron chi connectivity index (χ0n) is 18.9. The fraction of sp³-hybridized carbons (Fsp3) is 0.385. The standard InChI is InChI=1S/C26H30N4OS/c1-17-16-20(18(2)29(17)19-10-4-5-11-19)25-24(21-12-8-9-15-27-21)28-26(32)30(25)22-13-6-7-14-23(22)31-3/h6-9,12-16,19,24-25H,4-5,10-11H2,1-3H3,(H,28,32). The highest BCUT2D eigenvalue weighted by Crippen LogP contribution is 2.46. The van der Waals surface area contributed by atoms with Gasteiger partial charge in [0.05, 0.1) is 30.6 Å². The highest BCUT2D eigenvalue weighted by molar-refractivity contribution is 7.80. The Kier molecular flexibility index (Phi) is 5.64. The van der Waals surface area contributed by atoms with Gasteiger partial charge in [0.2, 0.25) is 0 Å². The van der Waals surface area contributed by atoms with Gasteiger partial charge >= 0.3 is 0 Å². The van der Waals surface area contributed by atoms with Gasteiger partial charge in [-0.2, -0.15) is 0 Å². The van der Waals surface area contributed by atoms with Gasteiger partial charge in [0, 0.05) is 23.6 Å². The van der Waals surface area contributed by atoms with Crippen LogP contribution in [0.1, 0.15) is 66.5 Å². The maximum absolute atomic E-state index is 5.90. The van der Waals surface area contributed by atoms with Gasteiger partial charge in [-0.3, -0.25) is 4.98 Å². The SMILES string of the molecule is COc1ccccc1N1C(=S)NC(c2ccccn2)C1c1cc(C)n(C2CCCC2)c1C. The fourth-order valence-electron chi connectivity index (χ4n) is 5.59. The molecule has 3 aromatic rings. The normalized spacial score (nSPS) is 21.2. The summed E-state index contributed by atoms with van der Waals surface area (Å²) in [6.45, 7) is 4.50. The van der Waals surface area contributed by atoms with Crippen molar-refractivity contribution in [2.75, 3.05) is 12.0 Å². The molecular formula is C26H30N4OS. The Morgan fingerprint density at radius 2 is 1.81 bits per heavy atom. The summed E-state index contributed by atoms with van der Waals surface area (Å²) in [6.07, 6.45) is 7.00. The van der Waals surface area contributed by atoms with E-state index in [0.717, 1.165) is 17.1 Å². The molecule has 3 heterocycles. The van der Waals surface area contributed by atoms with E-state index in [9.17, 15) is 0 Å². The van der Waals surface area contributed by atoms with Crippen LogP contribution in [-0.4, -0.2) is 21.8 Å². The molecule has 1 saturated heterocycles. The predicted molar refractivity (Wildman–Crippen MR) is 132 cm³/mol. The summed E-state index contributed by atoms with van der Waals surface area (Å²) >= 11 is 5.90. The number of anilines is 1. The molecule has 0 spiro atoms. The molecule has 32 heavy (non-hydrogen) atoms. The summed E-state index contributed by atoms with van der Waals surface area (Å²) < 4.78 is 8.28. The largest absolute Gasteiger partial charge is 0.495 e. The summed E-state index contributed by atoms with van der Waals surface area (Å²) in [5.41, 5.74) is 5.90. The lowest BCUT2D eigenvalue weighted by molar-refractivity contribution is 0.414. The molecule has 0 radical (unpaired) electrons. The maximum Gasteiger partial charge on any atom is 0.174 e. The van der Waals surface area contributed by atoms with Crippen LogP contribution >= 0.6 is 12.2 Å². The van der Waals surface area contributed by atoms with Gasteiger partial charge in [0.1, 0.15) is 5.75 Å². The Balaban J connectivity index is 1.67. The third kappa shape index (κ3) is 3.47. The van der Waals surface area contributed by atoms with E-state index in [1.54, 1.807) is 7.11 Å². The van der Waals surface area contributed by atoms with Gasteiger partial charge in [-0.05, 0) is 74.8 Å². The van der Waals surface area contributed by atoms with Gasteiger partial charge in [-0.15, -0.1) is 0 Å². The number of nitrogens with zero attached hydrogens (tertiary/aromatic N) is 3. The number of para-hydroxylation sites is 2. The van der Waals surface area contributed by atoms with Gasteiger partial charge in [0.25, 0.3) is 0 Å². The van der Waals surface area contributed by atoms with E-state index in [-0.39, 0.29) is 12.1 Å². The monoisotopic (exact) mass is 446 g/mol. The van der Waals surface area contributed by atoms with Gasteiger partial charge < -0.3 is 19.5 Å². The van der Waals surface area contributed by atoms with Crippen LogP contribution in [0.3, 0.4) is 0 Å². The van der Waals surface area contributed by atoms with Gasteiger partial charge in [-0.1, -0.05) is 31.0 Å². The molecule has 1 aliphatic heterocycles. The Morgan fingerprint density at radius 1 is 1.06 bits per heavy atom. The number of benzene rings is 1. The van der Waals surface area contributed by atoms with Crippen molar-refractivity contribution in [1.82, 2.24) is 14.9 Å². The lowest BCUT2D eigenvalue weighted by Crippen LogP contribution is -2.30. The average molecular weight is 447 g/mol. The minimum atomic E-state index is -0.0499. The Morgan fingerprint density at radius 3 is 2.53 bits per heavy atom. The molecule has 166 valence electrons. The number of methoxy groups -OCH3 is 1. The Bertz CT molecular complexity index is 1120. The molecule has 0 bridgehead atoms. The molecule has 1 saturated carbocycles. The minimum Gasteiger partial charge on any atom is -0.495 e. The molecule has 1 aromatic carbocycles. The van der Waals surface area contributed by atoms with E-state index in [2.05, 4.69) is 46.8 Å². The van der Waals surface area contributed by atoms with Gasteiger partial charge in [-0.25, -0.2) is 0 Å². The zero-order valence-corrected chi connectivity index (χ0v) is 19.7. The molecule has 2 unspecified atom stereocenters. The second-order valence-corrected chi connectivity index (χ2v) is 9.19. The minimum absolute atomic E-state index is 0.0185. The van der Waals surface area contributed by atoms with E-state index in [1.165, 1.54) is 42.6 Å². The lowest BCUT2D eigenvalue weighted by atomic mass is 9.96. The van der Waals surface area contributed by atoms with Crippen molar-refractivity contribution < 1.29 is 4.74 Å². The second-order valence-electron chi connectivity index (χ2n) is 8.80. The molecule has 5 nitrogen and oxygen atoms in total. The molecule has 1 aliphatic carbocycles. The number of nitrogens with one attached hydrogen (secondary N) is 1. The fourth-order valence-corrected chi connectivity index (χ4v) is 5.92. The van der Waals surface area contributed by atoms with Crippen LogP contribution in [0.25, 0.3) is 0 Å². The Hall–Kier alpha value is -2.86. The van der Waals surface area contributed by atoms with Crippen molar-refractivity contribution in [3.05, 3.63) is 77.4 Å². The number of hydrogen-bond acceptors (Lipinski definition) is 3. The number of aryl methyl sites for hydroxylation is 1. The van der Waals surface area contributed by atoms with E-state index in [1.807, 2.05) is 36.5 Å². The first kappa shape index (κ1) is 21.0. The number of ether oxygens (including phenoxy) is 1. The van der Waals surface area contributed by atoms with Gasteiger partial charge in [0.15, 0.2) is 5.11 Å². The predicted octanol–water partition coefficient (Wildman–Crippen LogP) is 5.80. The smallest absolute Gasteiger partial charge is 0.174 e. The molecule has 2 aromatic heterocycles. The molecule has 6 heteroatoms. The molecule has 5 rings (SSSR count). The topological polar surface area (TPSA) is 42.3 Å². The van der Waals surface area contributed by atoms with E-state index in [4.69, 9.17) is 21.9 Å². The van der Waals surface area contributed by atoms with Crippen LogP contribution in [0, 0.1) is 13.8 Å². The third-order valence-corrected chi connectivity index (χ3v) is 7.29. The van der Waals surface area contributed by atoms with Crippen LogP contribution in [0.5, 0.6) is 5.75 Å². The molecule has 0 amide bonds. The number of hydrogen-bond donors (Lipinski definition) is 1. The molecular weight excluding hydrogens is 416 g/mol. The summed E-state index contributed by atoms with van der Waals surface area (Å²) in [5.74, 6) is 0.813. The average Bonchev–Trinajstić information content (AvgIpc) is 3.52. The highest BCUT2D eigenvalue weighted by Gasteiger charge is 2.43. The number of aromatic nitrogens is 2. The second kappa shape index (κ2) is 8.58. The highest BCUT2D eigenvalue weighted by atomic mass is 32.1. The summed E-state index contributed by atoms with van der Waals surface area (Å²) in [6, 6.07) is 17.1. The molecule has 2 aliphatic rings. The van der Waals surface area contributed by atoms with E-state index in [0.29, 0.717) is 11.2 Å². The van der Waals surface area contributed by atoms with Crippen molar-refractivity contribution >= 4 is 23.0 Å². The van der Waals surface area contributed by atoms with Crippen molar-refractivity contribution in [2.24, 2.45) is 0 Å².